The molecule has 0 bridgehead atoms. The van der Waals surface area contributed by atoms with E-state index in [1.807, 2.05) is 20.8 Å². The number of hydrogen-bond donors (Lipinski definition) is 1. The van der Waals surface area contributed by atoms with E-state index in [0.29, 0.717) is 12.6 Å². The SMILES string of the molecule is CCN(CC)C(=O)C(C)OCCCNC(C)C. The first-order valence-electron chi connectivity index (χ1n) is 6.66. The average molecular weight is 244 g/mol. The third-order valence-electron chi connectivity index (χ3n) is 2.66. The number of carbonyl (C=O) groups is 1. The topological polar surface area (TPSA) is 41.6 Å². The van der Waals surface area contributed by atoms with Crippen molar-refractivity contribution in [3.63, 3.8) is 0 Å². The molecule has 0 aromatic heterocycles. The molecular formula is C13H28N2O2. The minimum Gasteiger partial charge on any atom is -0.369 e. The van der Waals surface area contributed by atoms with Gasteiger partial charge in [-0.15, -0.1) is 0 Å². The van der Waals surface area contributed by atoms with Gasteiger partial charge in [0, 0.05) is 25.7 Å². The number of nitrogens with one attached hydrogen (secondary N) is 1. The van der Waals surface area contributed by atoms with Gasteiger partial charge in [-0.3, -0.25) is 4.79 Å². The monoisotopic (exact) mass is 244 g/mol. The summed E-state index contributed by atoms with van der Waals surface area (Å²) in [5, 5.41) is 3.32. The lowest BCUT2D eigenvalue weighted by molar-refractivity contribution is -0.142. The Labute approximate surface area is 106 Å². The van der Waals surface area contributed by atoms with Gasteiger partial charge in [0.25, 0.3) is 5.91 Å². The fourth-order valence-corrected chi connectivity index (χ4v) is 1.59. The van der Waals surface area contributed by atoms with Crippen LogP contribution in [0.25, 0.3) is 0 Å². The Bertz CT molecular complexity index is 204. The summed E-state index contributed by atoms with van der Waals surface area (Å²) in [6.45, 7) is 13.1. The molecule has 0 aromatic rings. The Morgan fingerprint density at radius 1 is 1.24 bits per heavy atom. The molecule has 0 aromatic carbocycles. The smallest absolute Gasteiger partial charge is 0.251 e. The van der Waals surface area contributed by atoms with E-state index in [1.54, 1.807) is 4.90 Å². The zero-order valence-corrected chi connectivity index (χ0v) is 12.0. The van der Waals surface area contributed by atoms with Gasteiger partial charge in [0.2, 0.25) is 0 Å². The molecule has 1 amide bonds. The van der Waals surface area contributed by atoms with Crippen molar-refractivity contribution in [1.29, 1.82) is 0 Å². The van der Waals surface area contributed by atoms with E-state index in [0.717, 1.165) is 26.1 Å². The Balaban J connectivity index is 3.70. The van der Waals surface area contributed by atoms with Crippen LogP contribution in [0.2, 0.25) is 0 Å². The van der Waals surface area contributed by atoms with Crippen molar-refractivity contribution in [3.8, 4) is 0 Å². The van der Waals surface area contributed by atoms with Crippen LogP contribution in [0, 0.1) is 0 Å². The summed E-state index contributed by atoms with van der Waals surface area (Å²) in [5.74, 6) is 0.0896. The molecule has 0 spiro atoms. The molecule has 4 heteroatoms. The van der Waals surface area contributed by atoms with Gasteiger partial charge < -0.3 is 15.0 Å². The second-order valence-electron chi connectivity index (χ2n) is 4.49. The predicted octanol–water partition coefficient (Wildman–Crippen LogP) is 1.65. The molecule has 0 aliphatic heterocycles. The maximum absolute atomic E-state index is 11.9. The van der Waals surface area contributed by atoms with Crippen LogP contribution < -0.4 is 5.32 Å². The summed E-state index contributed by atoms with van der Waals surface area (Å²) < 4.78 is 5.54. The highest BCUT2D eigenvalue weighted by Gasteiger charge is 2.17. The highest BCUT2D eigenvalue weighted by Crippen LogP contribution is 2.00. The summed E-state index contributed by atoms with van der Waals surface area (Å²) in [6.07, 6.45) is 0.613. The third kappa shape index (κ3) is 7.34. The van der Waals surface area contributed by atoms with E-state index in [2.05, 4.69) is 19.2 Å². The lowest BCUT2D eigenvalue weighted by atomic mass is 10.3. The zero-order valence-electron chi connectivity index (χ0n) is 12.0. The van der Waals surface area contributed by atoms with E-state index in [-0.39, 0.29) is 12.0 Å². The van der Waals surface area contributed by atoms with Gasteiger partial charge in [-0.25, -0.2) is 0 Å². The maximum atomic E-state index is 11.9. The lowest BCUT2D eigenvalue weighted by Crippen LogP contribution is -2.39. The number of rotatable bonds is 9. The molecule has 4 nitrogen and oxygen atoms in total. The molecule has 102 valence electrons. The van der Waals surface area contributed by atoms with Crippen LogP contribution in [-0.2, 0) is 9.53 Å². The number of amides is 1. The lowest BCUT2D eigenvalue weighted by Gasteiger charge is -2.23. The van der Waals surface area contributed by atoms with Crippen molar-refractivity contribution >= 4 is 5.91 Å². The highest BCUT2D eigenvalue weighted by atomic mass is 16.5. The van der Waals surface area contributed by atoms with Gasteiger partial charge in [-0.2, -0.15) is 0 Å². The van der Waals surface area contributed by atoms with Gasteiger partial charge in [0.05, 0.1) is 0 Å². The quantitative estimate of drug-likeness (QED) is 0.627. The van der Waals surface area contributed by atoms with Crippen LogP contribution in [0.5, 0.6) is 0 Å². The van der Waals surface area contributed by atoms with Crippen LogP contribution in [0.15, 0.2) is 0 Å². The Kier molecular flexibility index (Phi) is 9.09. The van der Waals surface area contributed by atoms with Crippen molar-refractivity contribution in [2.24, 2.45) is 0 Å². The molecule has 17 heavy (non-hydrogen) atoms. The molecule has 0 radical (unpaired) electrons. The molecule has 0 aliphatic rings. The number of likely N-dealkylation sites (N-methyl/N-ethyl adjacent to an activating group) is 1. The van der Waals surface area contributed by atoms with Crippen molar-refractivity contribution in [2.75, 3.05) is 26.2 Å². The molecule has 0 heterocycles. The summed E-state index contributed by atoms with van der Waals surface area (Å²) in [5.41, 5.74) is 0. The van der Waals surface area contributed by atoms with Crippen LogP contribution in [0.3, 0.4) is 0 Å². The molecule has 0 fully saturated rings. The number of carbonyl (C=O) groups excluding carboxylic acids is 1. The Morgan fingerprint density at radius 2 is 1.82 bits per heavy atom. The molecule has 0 rings (SSSR count). The van der Waals surface area contributed by atoms with Gasteiger partial charge in [0.15, 0.2) is 0 Å². The largest absolute Gasteiger partial charge is 0.369 e. The Hall–Kier alpha value is -0.610. The number of ether oxygens (including phenoxy) is 1. The first-order valence-corrected chi connectivity index (χ1v) is 6.66. The normalized spacial score (nSPS) is 12.8. The highest BCUT2D eigenvalue weighted by molar-refractivity contribution is 5.80. The van der Waals surface area contributed by atoms with Crippen LogP contribution in [0.1, 0.15) is 41.0 Å². The van der Waals surface area contributed by atoms with Crippen LogP contribution >= 0.6 is 0 Å². The molecule has 0 saturated carbocycles. The van der Waals surface area contributed by atoms with Crippen molar-refractivity contribution in [2.45, 2.75) is 53.2 Å². The summed E-state index contributed by atoms with van der Waals surface area (Å²) in [4.78, 5) is 13.7. The minimum atomic E-state index is -0.325. The summed E-state index contributed by atoms with van der Waals surface area (Å²) >= 11 is 0. The maximum Gasteiger partial charge on any atom is 0.251 e. The molecule has 1 atom stereocenters. The fraction of sp³-hybridized carbons (Fsp3) is 0.923. The fourth-order valence-electron chi connectivity index (χ4n) is 1.59. The van der Waals surface area contributed by atoms with Gasteiger partial charge >= 0.3 is 0 Å². The summed E-state index contributed by atoms with van der Waals surface area (Å²) in [7, 11) is 0. The molecule has 0 saturated heterocycles. The van der Waals surface area contributed by atoms with E-state index in [9.17, 15) is 4.79 Å². The second kappa shape index (κ2) is 9.42. The second-order valence-corrected chi connectivity index (χ2v) is 4.49. The third-order valence-corrected chi connectivity index (χ3v) is 2.66. The summed E-state index contributed by atoms with van der Waals surface area (Å²) in [6, 6.07) is 0.504. The molecule has 1 unspecified atom stereocenters. The zero-order chi connectivity index (χ0) is 13.3. The number of hydrogen-bond acceptors (Lipinski definition) is 3. The average Bonchev–Trinajstić information content (AvgIpc) is 2.29. The van der Waals surface area contributed by atoms with Crippen molar-refractivity contribution < 1.29 is 9.53 Å². The molecule has 1 N–H and O–H groups in total. The van der Waals surface area contributed by atoms with E-state index >= 15 is 0 Å². The van der Waals surface area contributed by atoms with Crippen LogP contribution in [-0.4, -0.2) is 49.2 Å². The minimum absolute atomic E-state index is 0.0896. The van der Waals surface area contributed by atoms with Crippen molar-refractivity contribution in [3.05, 3.63) is 0 Å². The van der Waals surface area contributed by atoms with Crippen LogP contribution in [0.4, 0.5) is 0 Å². The van der Waals surface area contributed by atoms with Gasteiger partial charge in [-0.05, 0) is 33.7 Å². The van der Waals surface area contributed by atoms with Crippen molar-refractivity contribution in [1.82, 2.24) is 10.2 Å². The van der Waals surface area contributed by atoms with E-state index in [1.165, 1.54) is 0 Å². The Morgan fingerprint density at radius 3 is 2.29 bits per heavy atom. The number of nitrogens with zero attached hydrogens (tertiary/aromatic N) is 1. The predicted molar refractivity (Wildman–Crippen MR) is 71.1 cm³/mol. The van der Waals surface area contributed by atoms with E-state index in [4.69, 9.17) is 4.74 Å². The standard InChI is InChI=1S/C13H28N2O2/c1-6-15(7-2)13(16)12(5)17-10-8-9-14-11(3)4/h11-12,14H,6-10H2,1-5H3. The van der Waals surface area contributed by atoms with Gasteiger partial charge in [-0.1, -0.05) is 13.8 Å². The first-order chi connectivity index (χ1) is 8.02. The van der Waals surface area contributed by atoms with E-state index < -0.39 is 0 Å². The first kappa shape index (κ1) is 16.4. The van der Waals surface area contributed by atoms with Gasteiger partial charge in [0.1, 0.15) is 6.10 Å². The molecular weight excluding hydrogens is 216 g/mol. The molecule has 0 aliphatic carbocycles.